The van der Waals surface area contributed by atoms with Crippen molar-refractivity contribution < 1.29 is 9.53 Å². The number of aromatic nitrogens is 3. The van der Waals surface area contributed by atoms with Gasteiger partial charge in [0.2, 0.25) is 0 Å². The van der Waals surface area contributed by atoms with Crippen LogP contribution < -0.4 is 0 Å². The molecule has 0 radical (unpaired) electrons. The Balaban J connectivity index is 2.33. The molecule has 0 saturated carbocycles. The number of nitrogens with zero attached hydrogens (tertiary/aromatic N) is 3. The average Bonchev–Trinajstić information content (AvgIpc) is 2.88. The third kappa shape index (κ3) is 2.70. The summed E-state index contributed by atoms with van der Waals surface area (Å²) >= 11 is 0. The fourth-order valence-corrected chi connectivity index (χ4v) is 2.65. The van der Waals surface area contributed by atoms with Crippen LogP contribution in [0.2, 0.25) is 0 Å². The van der Waals surface area contributed by atoms with Crippen LogP contribution in [0.15, 0.2) is 30.3 Å². The predicted molar refractivity (Wildman–Crippen MR) is 88.6 cm³/mol. The summed E-state index contributed by atoms with van der Waals surface area (Å²) in [6, 6.07) is 9.92. The van der Waals surface area contributed by atoms with Crippen molar-refractivity contribution in [2.45, 2.75) is 27.7 Å². The summed E-state index contributed by atoms with van der Waals surface area (Å²) in [5.74, 6) is -0.425. The zero-order chi connectivity index (χ0) is 16.6. The quantitative estimate of drug-likeness (QED) is 0.695. The average molecular weight is 309 g/mol. The van der Waals surface area contributed by atoms with Crippen molar-refractivity contribution >= 4 is 11.6 Å². The van der Waals surface area contributed by atoms with Crippen LogP contribution in [0.3, 0.4) is 0 Å². The van der Waals surface area contributed by atoms with Gasteiger partial charge >= 0.3 is 5.97 Å². The van der Waals surface area contributed by atoms with Gasteiger partial charge in [0.15, 0.2) is 11.3 Å². The standard InChI is InChI=1S/C18H19N3O2/c1-5-23-18(22)16-15(14-8-6-11(2)7-9-14)17-19-12(3)10-13(4)21(17)20-16/h6-10H,5H2,1-4H3. The third-order valence-corrected chi connectivity index (χ3v) is 3.70. The molecule has 118 valence electrons. The number of hydrogen-bond donors (Lipinski definition) is 0. The van der Waals surface area contributed by atoms with Gasteiger partial charge in [0, 0.05) is 11.4 Å². The highest BCUT2D eigenvalue weighted by Crippen LogP contribution is 2.29. The molecule has 23 heavy (non-hydrogen) atoms. The van der Waals surface area contributed by atoms with Gasteiger partial charge in [-0.05, 0) is 39.3 Å². The fraction of sp³-hybridized carbons (Fsp3) is 0.278. The zero-order valence-corrected chi connectivity index (χ0v) is 13.8. The van der Waals surface area contributed by atoms with E-state index in [-0.39, 0.29) is 0 Å². The molecule has 0 aliphatic rings. The molecule has 2 aromatic heterocycles. The highest BCUT2D eigenvalue weighted by atomic mass is 16.5. The Morgan fingerprint density at radius 1 is 1.17 bits per heavy atom. The lowest BCUT2D eigenvalue weighted by Crippen LogP contribution is -2.07. The zero-order valence-electron chi connectivity index (χ0n) is 13.8. The number of fused-ring (bicyclic) bond motifs is 1. The Bertz CT molecular complexity index is 879. The minimum Gasteiger partial charge on any atom is -0.461 e. The molecular weight excluding hydrogens is 290 g/mol. The molecule has 0 unspecified atom stereocenters. The molecule has 0 aliphatic carbocycles. The van der Waals surface area contributed by atoms with Gasteiger partial charge in [0.05, 0.1) is 12.2 Å². The van der Waals surface area contributed by atoms with Crippen molar-refractivity contribution in [1.29, 1.82) is 0 Å². The van der Waals surface area contributed by atoms with Crippen LogP contribution in [0, 0.1) is 20.8 Å². The molecule has 1 aromatic carbocycles. The first-order valence-corrected chi connectivity index (χ1v) is 7.62. The van der Waals surface area contributed by atoms with Gasteiger partial charge in [-0.2, -0.15) is 5.10 Å². The van der Waals surface area contributed by atoms with E-state index in [1.807, 2.05) is 51.1 Å². The van der Waals surface area contributed by atoms with Gasteiger partial charge < -0.3 is 4.74 Å². The van der Waals surface area contributed by atoms with E-state index in [4.69, 9.17) is 4.74 Å². The Morgan fingerprint density at radius 3 is 2.52 bits per heavy atom. The normalized spacial score (nSPS) is 11.0. The lowest BCUT2D eigenvalue weighted by Gasteiger charge is -2.04. The third-order valence-electron chi connectivity index (χ3n) is 3.70. The minimum atomic E-state index is -0.425. The number of carbonyl (C=O) groups excluding carboxylic acids is 1. The number of aryl methyl sites for hydroxylation is 3. The second-order valence-electron chi connectivity index (χ2n) is 5.58. The monoisotopic (exact) mass is 309 g/mol. The summed E-state index contributed by atoms with van der Waals surface area (Å²) in [4.78, 5) is 16.9. The van der Waals surface area contributed by atoms with E-state index in [0.717, 1.165) is 28.1 Å². The van der Waals surface area contributed by atoms with Crippen LogP contribution >= 0.6 is 0 Å². The van der Waals surface area contributed by atoms with Crippen LogP contribution in [0.4, 0.5) is 0 Å². The highest BCUT2D eigenvalue weighted by molar-refractivity contribution is 5.99. The van der Waals surface area contributed by atoms with Crippen molar-refractivity contribution in [3.8, 4) is 11.1 Å². The van der Waals surface area contributed by atoms with Gasteiger partial charge in [-0.1, -0.05) is 29.8 Å². The summed E-state index contributed by atoms with van der Waals surface area (Å²) in [6.45, 7) is 8.00. The van der Waals surface area contributed by atoms with E-state index in [1.54, 1.807) is 11.4 Å². The number of benzene rings is 1. The second kappa shape index (κ2) is 5.83. The number of esters is 1. The van der Waals surface area contributed by atoms with Crippen LogP contribution in [-0.2, 0) is 4.74 Å². The maximum Gasteiger partial charge on any atom is 0.359 e. The number of ether oxygens (including phenoxy) is 1. The van der Waals surface area contributed by atoms with E-state index >= 15 is 0 Å². The molecule has 5 heteroatoms. The lowest BCUT2D eigenvalue weighted by molar-refractivity contribution is 0.0520. The Kier molecular flexibility index (Phi) is 3.86. The minimum absolute atomic E-state index is 0.303. The van der Waals surface area contributed by atoms with Gasteiger partial charge in [-0.25, -0.2) is 14.3 Å². The molecule has 0 fully saturated rings. The maximum absolute atomic E-state index is 12.3. The van der Waals surface area contributed by atoms with Crippen LogP contribution in [0.25, 0.3) is 16.8 Å². The lowest BCUT2D eigenvalue weighted by atomic mass is 10.0. The Morgan fingerprint density at radius 2 is 1.87 bits per heavy atom. The molecule has 3 aromatic rings. The van der Waals surface area contributed by atoms with Crippen molar-refractivity contribution in [2.24, 2.45) is 0 Å². The van der Waals surface area contributed by atoms with E-state index in [2.05, 4.69) is 10.1 Å². The van der Waals surface area contributed by atoms with E-state index < -0.39 is 5.97 Å². The smallest absolute Gasteiger partial charge is 0.359 e. The number of rotatable bonds is 3. The molecule has 0 aliphatic heterocycles. The largest absolute Gasteiger partial charge is 0.461 e. The van der Waals surface area contributed by atoms with Gasteiger partial charge in [-0.15, -0.1) is 0 Å². The summed E-state index contributed by atoms with van der Waals surface area (Å²) < 4.78 is 6.87. The Hall–Kier alpha value is -2.69. The molecule has 5 nitrogen and oxygen atoms in total. The first-order chi connectivity index (χ1) is 11.0. The topological polar surface area (TPSA) is 56.5 Å². The van der Waals surface area contributed by atoms with Gasteiger partial charge in [0.1, 0.15) is 0 Å². The first kappa shape index (κ1) is 15.2. The van der Waals surface area contributed by atoms with Crippen molar-refractivity contribution in [1.82, 2.24) is 14.6 Å². The maximum atomic E-state index is 12.3. The van der Waals surface area contributed by atoms with Crippen LogP contribution in [0.5, 0.6) is 0 Å². The molecule has 0 atom stereocenters. The number of hydrogen-bond acceptors (Lipinski definition) is 4. The molecule has 0 N–H and O–H groups in total. The molecule has 2 heterocycles. The SMILES string of the molecule is CCOC(=O)c1nn2c(C)cc(C)nc2c1-c1ccc(C)cc1. The molecule has 3 rings (SSSR count). The van der Waals surface area contributed by atoms with Crippen LogP contribution in [0.1, 0.15) is 34.4 Å². The highest BCUT2D eigenvalue weighted by Gasteiger charge is 2.23. The summed E-state index contributed by atoms with van der Waals surface area (Å²) in [5, 5.41) is 4.45. The second-order valence-corrected chi connectivity index (χ2v) is 5.58. The van der Waals surface area contributed by atoms with Gasteiger partial charge in [-0.3, -0.25) is 0 Å². The first-order valence-electron chi connectivity index (χ1n) is 7.62. The molecular formula is C18H19N3O2. The van der Waals surface area contributed by atoms with Crippen molar-refractivity contribution in [3.05, 3.63) is 53.0 Å². The van der Waals surface area contributed by atoms with E-state index in [1.165, 1.54) is 0 Å². The summed E-state index contributed by atoms with van der Waals surface area (Å²) in [6.07, 6.45) is 0. The van der Waals surface area contributed by atoms with E-state index in [0.29, 0.717) is 17.9 Å². The Labute approximate surface area is 134 Å². The summed E-state index contributed by atoms with van der Waals surface area (Å²) in [5.41, 5.74) is 5.58. The molecule has 0 saturated heterocycles. The molecule has 0 bridgehead atoms. The predicted octanol–water partition coefficient (Wildman–Crippen LogP) is 3.50. The molecule has 0 amide bonds. The van der Waals surface area contributed by atoms with E-state index in [9.17, 15) is 4.79 Å². The fourth-order valence-electron chi connectivity index (χ4n) is 2.65. The summed E-state index contributed by atoms with van der Waals surface area (Å²) in [7, 11) is 0. The van der Waals surface area contributed by atoms with Crippen molar-refractivity contribution in [3.63, 3.8) is 0 Å². The number of carbonyl (C=O) groups is 1. The molecule has 0 spiro atoms. The van der Waals surface area contributed by atoms with Crippen LogP contribution in [-0.4, -0.2) is 27.2 Å². The van der Waals surface area contributed by atoms with Crippen molar-refractivity contribution in [2.75, 3.05) is 6.61 Å². The van der Waals surface area contributed by atoms with Gasteiger partial charge in [0.25, 0.3) is 0 Å².